The molecule has 1 aliphatic heterocycles. The number of halogens is 1. The Bertz CT molecular complexity index is 945. The third-order valence-corrected chi connectivity index (χ3v) is 7.27. The van der Waals surface area contributed by atoms with Gasteiger partial charge in [0.1, 0.15) is 5.82 Å². The van der Waals surface area contributed by atoms with Crippen LogP contribution in [0.2, 0.25) is 0 Å². The fourth-order valence-electron chi connectivity index (χ4n) is 3.38. The minimum absolute atomic E-state index is 0.0113. The van der Waals surface area contributed by atoms with Gasteiger partial charge in [-0.3, -0.25) is 9.69 Å². The minimum Gasteiger partial charge on any atom is -0.338 e. The summed E-state index contributed by atoms with van der Waals surface area (Å²) in [6.45, 7) is 3.66. The fourth-order valence-corrected chi connectivity index (χ4v) is 4.83. The van der Waals surface area contributed by atoms with Crippen LogP contribution >= 0.6 is 0 Å². The van der Waals surface area contributed by atoms with E-state index in [-0.39, 0.29) is 36.5 Å². The van der Waals surface area contributed by atoms with Gasteiger partial charge in [-0.25, -0.2) is 12.8 Å². The van der Waals surface area contributed by atoms with Gasteiger partial charge in [0.2, 0.25) is 15.9 Å². The molecule has 2 aromatic rings. The number of amides is 1. The number of hydrogen-bond acceptors (Lipinski definition) is 4. The molecule has 2 aromatic carbocycles. The third kappa shape index (κ3) is 5.01. The van der Waals surface area contributed by atoms with Gasteiger partial charge in [-0.2, -0.15) is 4.31 Å². The number of piperazine rings is 1. The molecule has 1 fully saturated rings. The Morgan fingerprint density at radius 1 is 1.07 bits per heavy atom. The van der Waals surface area contributed by atoms with Crippen molar-refractivity contribution < 1.29 is 17.6 Å². The van der Waals surface area contributed by atoms with E-state index >= 15 is 0 Å². The summed E-state index contributed by atoms with van der Waals surface area (Å²) in [5, 5.41) is 0. The number of carbonyl (C=O) groups is 1. The average Bonchev–Trinajstić information content (AvgIpc) is 2.73. The molecule has 29 heavy (non-hydrogen) atoms. The lowest BCUT2D eigenvalue weighted by atomic mass is 10.1. The molecule has 1 aliphatic rings. The molecular formula is C21H26FN3O3S. The van der Waals surface area contributed by atoms with Crippen molar-refractivity contribution in [3.63, 3.8) is 0 Å². The Hall–Kier alpha value is -2.29. The molecule has 1 atom stereocenters. The van der Waals surface area contributed by atoms with Crippen molar-refractivity contribution >= 4 is 15.9 Å². The molecule has 0 N–H and O–H groups in total. The number of rotatable bonds is 6. The zero-order valence-corrected chi connectivity index (χ0v) is 17.5. The topological polar surface area (TPSA) is 60.9 Å². The van der Waals surface area contributed by atoms with Crippen LogP contribution < -0.4 is 0 Å². The molecule has 0 aliphatic carbocycles. The summed E-state index contributed by atoms with van der Waals surface area (Å²) in [7, 11) is -1.95. The predicted molar refractivity (Wildman–Crippen MR) is 109 cm³/mol. The highest BCUT2D eigenvalue weighted by Crippen LogP contribution is 2.20. The normalized spacial score (nSPS) is 17.1. The molecule has 6 nitrogen and oxygen atoms in total. The molecule has 0 unspecified atom stereocenters. The molecule has 8 heteroatoms. The molecule has 0 radical (unpaired) electrons. The van der Waals surface area contributed by atoms with Crippen LogP contribution in [0.15, 0.2) is 59.5 Å². The molecule has 1 saturated heterocycles. The van der Waals surface area contributed by atoms with Crippen molar-refractivity contribution in [2.75, 3.05) is 39.8 Å². The molecule has 1 amide bonds. The van der Waals surface area contributed by atoms with Gasteiger partial charge in [0, 0.05) is 33.2 Å². The van der Waals surface area contributed by atoms with E-state index in [4.69, 9.17) is 0 Å². The summed E-state index contributed by atoms with van der Waals surface area (Å²) in [5.41, 5.74) is 1.06. The number of likely N-dealkylation sites (N-methyl/N-ethyl adjacent to an activating group) is 1. The van der Waals surface area contributed by atoms with Gasteiger partial charge in [0.25, 0.3) is 0 Å². The van der Waals surface area contributed by atoms with E-state index in [9.17, 15) is 17.6 Å². The Kier molecular flexibility index (Phi) is 6.66. The van der Waals surface area contributed by atoms with Gasteiger partial charge in [-0.05, 0) is 30.7 Å². The van der Waals surface area contributed by atoms with E-state index in [1.807, 2.05) is 42.2 Å². The maximum Gasteiger partial charge on any atom is 0.243 e. The highest BCUT2D eigenvalue weighted by molar-refractivity contribution is 7.89. The zero-order chi connectivity index (χ0) is 21.0. The van der Waals surface area contributed by atoms with E-state index in [0.717, 1.165) is 11.6 Å². The number of carbonyl (C=O) groups excluding carboxylic acids is 1. The monoisotopic (exact) mass is 419 g/mol. The quantitative estimate of drug-likeness (QED) is 0.721. The van der Waals surface area contributed by atoms with Crippen LogP contribution in [0.5, 0.6) is 0 Å². The van der Waals surface area contributed by atoms with Gasteiger partial charge in [0.15, 0.2) is 0 Å². The Morgan fingerprint density at radius 3 is 2.34 bits per heavy atom. The first-order valence-corrected chi connectivity index (χ1v) is 11.0. The van der Waals surface area contributed by atoms with E-state index in [0.29, 0.717) is 13.1 Å². The van der Waals surface area contributed by atoms with E-state index in [2.05, 4.69) is 0 Å². The fraction of sp³-hybridized carbons (Fsp3) is 0.381. The van der Waals surface area contributed by atoms with Crippen LogP contribution in [-0.2, 0) is 14.8 Å². The van der Waals surface area contributed by atoms with Crippen molar-refractivity contribution in [1.82, 2.24) is 14.1 Å². The first-order valence-electron chi connectivity index (χ1n) is 9.57. The summed E-state index contributed by atoms with van der Waals surface area (Å²) in [6, 6.07) is 14.8. The second kappa shape index (κ2) is 9.02. The van der Waals surface area contributed by atoms with Gasteiger partial charge >= 0.3 is 0 Å². The predicted octanol–water partition coefficient (Wildman–Crippen LogP) is 2.35. The van der Waals surface area contributed by atoms with Crippen molar-refractivity contribution in [1.29, 1.82) is 0 Å². The van der Waals surface area contributed by atoms with Crippen LogP contribution in [-0.4, -0.2) is 68.2 Å². The summed E-state index contributed by atoms with van der Waals surface area (Å²) < 4.78 is 40.1. The van der Waals surface area contributed by atoms with E-state index in [1.54, 1.807) is 11.9 Å². The van der Waals surface area contributed by atoms with Crippen molar-refractivity contribution in [2.45, 2.75) is 17.9 Å². The Morgan fingerprint density at radius 2 is 1.72 bits per heavy atom. The van der Waals surface area contributed by atoms with Gasteiger partial charge in [-0.15, -0.1) is 0 Å². The van der Waals surface area contributed by atoms with Crippen molar-refractivity contribution in [2.24, 2.45) is 0 Å². The largest absolute Gasteiger partial charge is 0.338 e. The number of sulfonamides is 1. The molecule has 0 bridgehead atoms. The summed E-state index contributed by atoms with van der Waals surface area (Å²) >= 11 is 0. The number of hydrogen-bond donors (Lipinski definition) is 0. The summed E-state index contributed by atoms with van der Waals surface area (Å²) in [4.78, 5) is 16.3. The smallest absolute Gasteiger partial charge is 0.243 e. The average molecular weight is 420 g/mol. The molecule has 1 heterocycles. The summed E-state index contributed by atoms with van der Waals surface area (Å²) in [5.74, 6) is -0.589. The maximum absolute atomic E-state index is 13.4. The van der Waals surface area contributed by atoms with Crippen LogP contribution in [0.25, 0.3) is 0 Å². The van der Waals surface area contributed by atoms with E-state index < -0.39 is 15.8 Å². The second-order valence-corrected chi connectivity index (χ2v) is 9.17. The highest BCUT2D eigenvalue weighted by atomic mass is 32.2. The van der Waals surface area contributed by atoms with Crippen LogP contribution in [0, 0.1) is 5.82 Å². The lowest BCUT2D eigenvalue weighted by Gasteiger charge is -2.35. The standard InChI is InChI=1S/C21H26FN3O3S/c1-17(18-7-4-3-5-8-18)23(2)21(26)16-24-11-13-25(14-12-24)29(27,28)20-10-6-9-19(22)15-20/h3-10,15,17H,11-14,16H2,1-2H3/t17-/m1/s1. The van der Waals surface area contributed by atoms with E-state index in [1.165, 1.54) is 22.5 Å². The van der Waals surface area contributed by atoms with Crippen LogP contribution in [0.1, 0.15) is 18.5 Å². The van der Waals surface area contributed by atoms with Gasteiger partial charge < -0.3 is 4.90 Å². The molecule has 0 spiro atoms. The maximum atomic E-state index is 13.4. The zero-order valence-electron chi connectivity index (χ0n) is 16.7. The van der Waals surface area contributed by atoms with Crippen LogP contribution in [0.4, 0.5) is 4.39 Å². The summed E-state index contributed by atoms with van der Waals surface area (Å²) in [6.07, 6.45) is 0. The third-order valence-electron chi connectivity index (χ3n) is 5.38. The lowest BCUT2D eigenvalue weighted by molar-refractivity contribution is -0.133. The van der Waals surface area contributed by atoms with Crippen LogP contribution in [0.3, 0.4) is 0 Å². The molecule has 0 aromatic heterocycles. The Labute approximate surface area is 171 Å². The van der Waals surface area contributed by atoms with Gasteiger partial charge in [-0.1, -0.05) is 36.4 Å². The first-order chi connectivity index (χ1) is 13.8. The second-order valence-electron chi connectivity index (χ2n) is 7.23. The number of nitrogens with zero attached hydrogens (tertiary/aromatic N) is 3. The first kappa shape index (κ1) is 21.4. The molecule has 3 rings (SSSR count). The lowest BCUT2D eigenvalue weighted by Crippen LogP contribution is -2.51. The number of benzene rings is 2. The molecular weight excluding hydrogens is 393 g/mol. The van der Waals surface area contributed by atoms with Crippen molar-refractivity contribution in [3.8, 4) is 0 Å². The molecule has 156 valence electrons. The minimum atomic E-state index is -3.73. The highest BCUT2D eigenvalue weighted by Gasteiger charge is 2.30. The Balaban J connectivity index is 1.56. The van der Waals surface area contributed by atoms with Gasteiger partial charge in [0.05, 0.1) is 17.5 Å². The van der Waals surface area contributed by atoms with Crippen molar-refractivity contribution in [3.05, 3.63) is 66.0 Å². The molecule has 0 saturated carbocycles. The SMILES string of the molecule is C[C@H](c1ccccc1)N(C)C(=O)CN1CCN(S(=O)(=O)c2cccc(F)c2)CC1.